The van der Waals surface area contributed by atoms with Crippen molar-refractivity contribution in [1.82, 2.24) is 0 Å². The van der Waals surface area contributed by atoms with Crippen LogP contribution in [0.3, 0.4) is 0 Å². The summed E-state index contributed by atoms with van der Waals surface area (Å²) in [6, 6.07) is 6.51. The normalized spacial score (nSPS) is 31.4. The average Bonchev–Trinajstić information content (AvgIpc) is 2.83. The molecule has 1 aromatic carbocycles. The second-order valence-corrected chi connectivity index (χ2v) is 6.44. The molecule has 1 saturated carbocycles. The molecule has 0 N–H and O–H groups in total. The van der Waals surface area contributed by atoms with Gasteiger partial charge in [0.15, 0.2) is 0 Å². The van der Waals surface area contributed by atoms with Gasteiger partial charge in [-0.05, 0) is 48.9 Å². The summed E-state index contributed by atoms with van der Waals surface area (Å²) in [5.74, 6) is -0.241. The van der Waals surface area contributed by atoms with Gasteiger partial charge in [-0.25, -0.2) is 0 Å². The number of ether oxygens (including phenoxy) is 1. The first-order chi connectivity index (χ1) is 11.1. The van der Waals surface area contributed by atoms with Crippen LogP contribution in [-0.2, 0) is 14.4 Å². The van der Waals surface area contributed by atoms with Gasteiger partial charge in [0, 0.05) is 6.92 Å². The van der Waals surface area contributed by atoms with Gasteiger partial charge < -0.3 is 4.74 Å². The van der Waals surface area contributed by atoms with E-state index in [1.54, 1.807) is 24.3 Å². The highest BCUT2D eigenvalue weighted by Gasteiger charge is 2.56. The second-order valence-electron chi connectivity index (χ2n) is 6.44. The number of imide groups is 1. The Morgan fingerprint density at radius 1 is 1.00 bits per heavy atom. The Kier molecular flexibility index (Phi) is 3.11. The molecule has 2 fully saturated rings. The van der Waals surface area contributed by atoms with Crippen LogP contribution in [0.4, 0.5) is 5.69 Å². The van der Waals surface area contributed by atoms with Gasteiger partial charge in [-0.15, -0.1) is 0 Å². The number of hydrogen-bond donors (Lipinski definition) is 0. The summed E-state index contributed by atoms with van der Waals surface area (Å²) in [7, 11) is 0. The summed E-state index contributed by atoms with van der Waals surface area (Å²) in [4.78, 5) is 37.8. The number of carbonyl (C=O) groups excluding carboxylic acids is 3. The lowest BCUT2D eigenvalue weighted by molar-refractivity contribution is -0.132. The first-order valence-electron chi connectivity index (χ1n) is 7.91. The maximum Gasteiger partial charge on any atom is 0.308 e. The topological polar surface area (TPSA) is 63.7 Å². The molecule has 1 heterocycles. The number of anilines is 1. The first kappa shape index (κ1) is 14.2. The van der Waals surface area contributed by atoms with E-state index in [2.05, 4.69) is 12.2 Å². The minimum atomic E-state index is -0.403. The number of nitrogens with zero attached hydrogens (tertiary/aromatic N) is 1. The Morgan fingerprint density at radius 3 is 1.96 bits per heavy atom. The molecule has 0 radical (unpaired) electrons. The molecule has 1 saturated heterocycles. The maximum absolute atomic E-state index is 12.8. The molecule has 1 aliphatic heterocycles. The molecule has 0 aromatic heterocycles. The van der Waals surface area contributed by atoms with E-state index in [4.69, 9.17) is 4.74 Å². The smallest absolute Gasteiger partial charge is 0.308 e. The van der Waals surface area contributed by atoms with Crippen LogP contribution in [0.5, 0.6) is 5.75 Å². The number of benzene rings is 1. The summed E-state index contributed by atoms with van der Waals surface area (Å²) < 4.78 is 4.99. The van der Waals surface area contributed by atoms with Crippen molar-refractivity contribution in [1.29, 1.82) is 0 Å². The zero-order chi connectivity index (χ0) is 16.1. The van der Waals surface area contributed by atoms with E-state index < -0.39 is 5.97 Å². The van der Waals surface area contributed by atoms with E-state index in [0.29, 0.717) is 11.4 Å². The summed E-state index contributed by atoms with van der Waals surface area (Å²) in [6.45, 7) is 1.33. The summed E-state index contributed by atoms with van der Waals surface area (Å²) in [5, 5.41) is 0. The number of allylic oxidation sites excluding steroid dienone is 2. The number of rotatable bonds is 2. The predicted molar refractivity (Wildman–Crippen MR) is 82.6 cm³/mol. The van der Waals surface area contributed by atoms with Gasteiger partial charge in [0.05, 0.1) is 17.5 Å². The Bertz CT molecular complexity index is 689. The lowest BCUT2D eigenvalue weighted by Crippen LogP contribution is -2.38. The fourth-order valence-corrected chi connectivity index (χ4v) is 4.16. The van der Waals surface area contributed by atoms with Crippen molar-refractivity contribution in [2.45, 2.75) is 19.8 Å². The third-order valence-electron chi connectivity index (χ3n) is 5.12. The van der Waals surface area contributed by atoms with Gasteiger partial charge in [0.1, 0.15) is 5.75 Å². The SMILES string of the molecule is CC(=O)Oc1ccc(N2C(=O)[C@@H]3[C@@H](C2=O)[C@H]2C=C[C@H]3CC2)cc1. The van der Waals surface area contributed by atoms with Gasteiger partial charge in [0.25, 0.3) is 0 Å². The molecule has 0 unspecified atom stereocenters. The predicted octanol–water partition coefficient (Wildman–Crippen LogP) is 2.31. The monoisotopic (exact) mass is 311 g/mol. The lowest BCUT2D eigenvalue weighted by atomic mass is 9.63. The van der Waals surface area contributed by atoms with Crippen LogP contribution >= 0.6 is 0 Å². The van der Waals surface area contributed by atoms with Crippen LogP contribution in [-0.4, -0.2) is 17.8 Å². The highest BCUT2D eigenvalue weighted by atomic mass is 16.5. The van der Waals surface area contributed by atoms with E-state index >= 15 is 0 Å². The minimum absolute atomic E-state index is 0.0979. The molecule has 4 aliphatic rings. The zero-order valence-electron chi connectivity index (χ0n) is 12.8. The van der Waals surface area contributed by atoms with E-state index in [-0.39, 0.29) is 35.5 Å². The zero-order valence-corrected chi connectivity index (χ0v) is 12.8. The Balaban J connectivity index is 1.64. The third kappa shape index (κ3) is 2.11. The van der Waals surface area contributed by atoms with Crippen LogP contribution in [0.2, 0.25) is 0 Å². The van der Waals surface area contributed by atoms with Crippen molar-refractivity contribution in [3.05, 3.63) is 36.4 Å². The number of amides is 2. The van der Waals surface area contributed by atoms with Gasteiger partial charge >= 0.3 is 5.97 Å². The Morgan fingerprint density at radius 2 is 1.52 bits per heavy atom. The van der Waals surface area contributed by atoms with Crippen molar-refractivity contribution in [3.8, 4) is 5.75 Å². The lowest BCUT2D eigenvalue weighted by Gasteiger charge is -2.38. The summed E-state index contributed by atoms with van der Waals surface area (Å²) >= 11 is 0. The highest BCUT2D eigenvalue weighted by molar-refractivity contribution is 6.22. The molecule has 1 aromatic rings. The molecular weight excluding hydrogens is 294 g/mol. The summed E-state index contributed by atoms with van der Waals surface area (Å²) in [5.41, 5.74) is 0.546. The maximum atomic E-state index is 12.8. The molecule has 5 heteroatoms. The quantitative estimate of drug-likeness (QED) is 0.364. The molecule has 5 rings (SSSR count). The molecule has 4 atom stereocenters. The number of fused-ring (bicyclic) bond motifs is 1. The number of carbonyl (C=O) groups is 3. The number of esters is 1. The molecule has 23 heavy (non-hydrogen) atoms. The minimum Gasteiger partial charge on any atom is -0.427 e. The van der Waals surface area contributed by atoms with E-state index in [0.717, 1.165) is 12.8 Å². The molecule has 2 amide bonds. The second kappa shape index (κ2) is 5.05. The van der Waals surface area contributed by atoms with Crippen LogP contribution in [0, 0.1) is 23.7 Å². The largest absolute Gasteiger partial charge is 0.427 e. The van der Waals surface area contributed by atoms with Gasteiger partial charge in [-0.1, -0.05) is 12.2 Å². The molecule has 3 aliphatic carbocycles. The number of hydrogen-bond acceptors (Lipinski definition) is 4. The molecular formula is C18H17NO4. The van der Waals surface area contributed by atoms with Crippen molar-refractivity contribution in [3.63, 3.8) is 0 Å². The molecule has 0 spiro atoms. The third-order valence-corrected chi connectivity index (χ3v) is 5.12. The van der Waals surface area contributed by atoms with Crippen LogP contribution in [0.15, 0.2) is 36.4 Å². The highest BCUT2D eigenvalue weighted by Crippen LogP contribution is 2.50. The van der Waals surface area contributed by atoms with E-state index in [9.17, 15) is 14.4 Å². The molecule has 2 bridgehead atoms. The molecule has 5 nitrogen and oxygen atoms in total. The van der Waals surface area contributed by atoms with E-state index in [1.165, 1.54) is 11.8 Å². The molecule has 118 valence electrons. The van der Waals surface area contributed by atoms with Crippen molar-refractivity contribution in [2.24, 2.45) is 23.7 Å². The van der Waals surface area contributed by atoms with Gasteiger partial charge in [0.2, 0.25) is 11.8 Å². The van der Waals surface area contributed by atoms with Crippen LogP contribution in [0.25, 0.3) is 0 Å². The summed E-state index contributed by atoms with van der Waals surface area (Å²) in [6.07, 6.45) is 6.18. The van der Waals surface area contributed by atoms with Crippen LogP contribution < -0.4 is 9.64 Å². The van der Waals surface area contributed by atoms with Crippen LogP contribution in [0.1, 0.15) is 19.8 Å². The average molecular weight is 311 g/mol. The Labute approximate surface area is 133 Å². The van der Waals surface area contributed by atoms with E-state index in [1.807, 2.05) is 0 Å². The first-order valence-corrected chi connectivity index (χ1v) is 7.91. The van der Waals surface area contributed by atoms with Crippen molar-refractivity contribution in [2.75, 3.05) is 4.90 Å². The standard InChI is InChI=1S/C18H17NO4/c1-10(20)23-14-8-6-13(7-9-14)19-17(21)15-11-2-3-12(5-4-11)16(15)18(19)22/h2-3,6-9,11-12,15-16H,4-5H2,1H3/t11-,12-,15-,16-/m0/s1. The van der Waals surface area contributed by atoms with Crippen molar-refractivity contribution < 1.29 is 19.1 Å². The Hall–Kier alpha value is -2.43. The van der Waals surface area contributed by atoms with Gasteiger partial charge in [-0.3, -0.25) is 19.3 Å². The fourth-order valence-electron chi connectivity index (χ4n) is 4.16. The fraction of sp³-hybridized carbons (Fsp3) is 0.389. The van der Waals surface area contributed by atoms with Gasteiger partial charge in [-0.2, -0.15) is 0 Å². The van der Waals surface area contributed by atoms with Crippen molar-refractivity contribution >= 4 is 23.5 Å².